The van der Waals surface area contributed by atoms with Crippen LogP contribution in [0.2, 0.25) is 0 Å². The number of aliphatic hydroxyl groups is 1. The molecule has 2 nitrogen and oxygen atoms in total. The minimum absolute atomic E-state index is 0. The van der Waals surface area contributed by atoms with Crippen molar-refractivity contribution in [2.75, 3.05) is 20.6 Å². The molecule has 0 unspecified atom stereocenters. The van der Waals surface area contributed by atoms with E-state index in [1.54, 1.807) is 13.8 Å². The molecular formula is C6H15NOTi. The molecule has 0 heterocycles. The number of hydrogen-bond donors (Lipinski definition) is 1. The molecule has 0 bridgehead atoms. The number of nitrogens with zero attached hydrogens (tertiary/aromatic N) is 1. The van der Waals surface area contributed by atoms with E-state index in [9.17, 15) is 0 Å². The maximum absolute atomic E-state index is 9.15. The van der Waals surface area contributed by atoms with E-state index < -0.39 is 5.60 Å². The van der Waals surface area contributed by atoms with Gasteiger partial charge in [-0.3, -0.25) is 0 Å². The minimum atomic E-state index is -0.552. The summed E-state index contributed by atoms with van der Waals surface area (Å²) in [5.41, 5.74) is -0.552. The van der Waals surface area contributed by atoms with Crippen molar-refractivity contribution < 1.29 is 26.8 Å². The molecule has 0 aromatic heterocycles. The molecule has 0 amide bonds. The Hall–Kier alpha value is 0.634. The number of rotatable bonds is 2. The van der Waals surface area contributed by atoms with Crippen LogP contribution in [0.5, 0.6) is 0 Å². The molecule has 9 heavy (non-hydrogen) atoms. The van der Waals surface area contributed by atoms with Crippen molar-refractivity contribution in [1.29, 1.82) is 0 Å². The summed E-state index contributed by atoms with van der Waals surface area (Å²) in [5.74, 6) is 0. The van der Waals surface area contributed by atoms with E-state index in [4.69, 9.17) is 5.11 Å². The van der Waals surface area contributed by atoms with Crippen molar-refractivity contribution in [3.63, 3.8) is 0 Å². The molecule has 0 atom stereocenters. The molecule has 0 saturated carbocycles. The Labute approximate surface area is 72.1 Å². The van der Waals surface area contributed by atoms with E-state index in [0.717, 1.165) is 0 Å². The average Bonchev–Trinajstić information content (AvgIpc) is 1.21. The zero-order valence-corrected chi connectivity index (χ0v) is 8.16. The van der Waals surface area contributed by atoms with E-state index in [2.05, 4.69) is 0 Å². The van der Waals surface area contributed by atoms with Gasteiger partial charge in [-0.1, -0.05) is 0 Å². The van der Waals surface area contributed by atoms with E-state index in [1.165, 1.54) is 0 Å². The molecule has 0 aliphatic rings. The molecule has 54 valence electrons. The Kier molecular flexibility index (Phi) is 6.09. The monoisotopic (exact) mass is 165 g/mol. The van der Waals surface area contributed by atoms with E-state index in [0.29, 0.717) is 6.54 Å². The summed E-state index contributed by atoms with van der Waals surface area (Å²) in [4.78, 5) is 1.96. The van der Waals surface area contributed by atoms with Crippen LogP contribution in [0.3, 0.4) is 0 Å². The van der Waals surface area contributed by atoms with Crippen molar-refractivity contribution in [2.24, 2.45) is 0 Å². The van der Waals surface area contributed by atoms with Gasteiger partial charge in [-0.15, -0.1) is 0 Å². The molecule has 0 spiro atoms. The predicted octanol–water partition coefficient (Wildman–Crippen LogP) is 0.316. The summed E-state index contributed by atoms with van der Waals surface area (Å²) in [6, 6.07) is 0. The van der Waals surface area contributed by atoms with Crippen molar-refractivity contribution in [3.05, 3.63) is 0 Å². The molecule has 0 aliphatic carbocycles. The maximum Gasteiger partial charge on any atom is 0.0717 e. The Balaban J connectivity index is 0. The van der Waals surface area contributed by atoms with Gasteiger partial charge < -0.3 is 10.0 Å². The third-order valence-corrected chi connectivity index (χ3v) is 0.703. The fourth-order valence-electron chi connectivity index (χ4n) is 0.774. The summed E-state index contributed by atoms with van der Waals surface area (Å²) in [7, 11) is 3.88. The van der Waals surface area contributed by atoms with Crippen LogP contribution in [0.15, 0.2) is 0 Å². The van der Waals surface area contributed by atoms with E-state index in [1.807, 2.05) is 19.0 Å². The summed E-state index contributed by atoms with van der Waals surface area (Å²) in [6.45, 7) is 4.31. The van der Waals surface area contributed by atoms with Crippen molar-refractivity contribution in [2.45, 2.75) is 19.4 Å². The SMILES string of the molecule is CN(C)CC(C)(C)O.[Ti]. The van der Waals surface area contributed by atoms with Gasteiger partial charge in [0.05, 0.1) is 5.60 Å². The van der Waals surface area contributed by atoms with Crippen molar-refractivity contribution in [3.8, 4) is 0 Å². The van der Waals surface area contributed by atoms with Crippen LogP contribution < -0.4 is 0 Å². The van der Waals surface area contributed by atoms with Gasteiger partial charge in [-0.25, -0.2) is 0 Å². The van der Waals surface area contributed by atoms with Crippen LogP contribution in [0.1, 0.15) is 13.8 Å². The Morgan fingerprint density at radius 2 is 1.67 bits per heavy atom. The molecule has 0 saturated heterocycles. The molecule has 0 aliphatic heterocycles. The van der Waals surface area contributed by atoms with Gasteiger partial charge in [-0.2, -0.15) is 0 Å². The van der Waals surface area contributed by atoms with Crippen LogP contribution in [-0.4, -0.2) is 36.2 Å². The first-order chi connectivity index (χ1) is 3.42. The summed E-state index contributed by atoms with van der Waals surface area (Å²) in [5, 5.41) is 9.15. The molecule has 0 aromatic rings. The zero-order valence-electron chi connectivity index (χ0n) is 6.60. The molecule has 3 heteroatoms. The fraction of sp³-hybridized carbons (Fsp3) is 1.00. The standard InChI is InChI=1S/C6H15NO.Ti/c1-6(2,8)5-7(3)4;/h8H,5H2,1-4H3;. The Morgan fingerprint density at radius 3 is 1.67 bits per heavy atom. The van der Waals surface area contributed by atoms with Gasteiger partial charge in [0.1, 0.15) is 0 Å². The smallest absolute Gasteiger partial charge is 0.0717 e. The predicted molar refractivity (Wildman–Crippen MR) is 34.9 cm³/mol. The molecule has 0 fully saturated rings. The minimum Gasteiger partial charge on any atom is -0.389 e. The second kappa shape index (κ2) is 4.45. The largest absolute Gasteiger partial charge is 0.389 e. The Morgan fingerprint density at radius 1 is 1.33 bits per heavy atom. The first-order valence-corrected chi connectivity index (χ1v) is 2.79. The number of hydrogen-bond acceptors (Lipinski definition) is 2. The van der Waals surface area contributed by atoms with Crippen LogP contribution in [0.25, 0.3) is 0 Å². The van der Waals surface area contributed by atoms with Crippen LogP contribution in [0.4, 0.5) is 0 Å². The molecule has 1 N–H and O–H groups in total. The third-order valence-electron chi connectivity index (χ3n) is 0.703. The first-order valence-electron chi connectivity index (χ1n) is 2.79. The van der Waals surface area contributed by atoms with Crippen LogP contribution >= 0.6 is 0 Å². The summed E-state index contributed by atoms with van der Waals surface area (Å²) in [6.07, 6.45) is 0. The van der Waals surface area contributed by atoms with Gasteiger partial charge in [-0.05, 0) is 27.9 Å². The summed E-state index contributed by atoms with van der Waals surface area (Å²) < 4.78 is 0. The molecular weight excluding hydrogens is 150 g/mol. The van der Waals surface area contributed by atoms with Crippen LogP contribution in [0, 0.1) is 0 Å². The van der Waals surface area contributed by atoms with Crippen LogP contribution in [-0.2, 0) is 21.7 Å². The normalized spacial score (nSPS) is 11.3. The maximum atomic E-state index is 9.15. The van der Waals surface area contributed by atoms with Gasteiger partial charge in [0.15, 0.2) is 0 Å². The average molecular weight is 165 g/mol. The fourth-order valence-corrected chi connectivity index (χ4v) is 0.774. The van der Waals surface area contributed by atoms with Gasteiger partial charge in [0.2, 0.25) is 0 Å². The second-order valence-electron chi connectivity index (χ2n) is 3.05. The van der Waals surface area contributed by atoms with E-state index >= 15 is 0 Å². The van der Waals surface area contributed by atoms with Gasteiger partial charge in [0, 0.05) is 28.3 Å². The quantitative estimate of drug-likeness (QED) is 0.595. The molecule has 0 rings (SSSR count). The van der Waals surface area contributed by atoms with Crippen molar-refractivity contribution >= 4 is 0 Å². The third kappa shape index (κ3) is 12.0. The molecule has 0 aromatic carbocycles. The summed E-state index contributed by atoms with van der Waals surface area (Å²) >= 11 is 0. The Bertz CT molecular complexity index is 67.9. The van der Waals surface area contributed by atoms with Crippen molar-refractivity contribution in [1.82, 2.24) is 4.90 Å². The number of likely N-dealkylation sites (N-methyl/N-ethyl adjacent to an activating group) is 1. The van der Waals surface area contributed by atoms with E-state index in [-0.39, 0.29) is 21.7 Å². The topological polar surface area (TPSA) is 23.5 Å². The van der Waals surface area contributed by atoms with Gasteiger partial charge in [0.25, 0.3) is 0 Å². The molecule has 0 radical (unpaired) electrons. The first kappa shape index (κ1) is 12.3. The second-order valence-corrected chi connectivity index (χ2v) is 3.05. The van der Waals surface area contributed by atoms with Gasteiger partial charge >= 0.3 is 0 Å². The zero-order chi connectivity index (χ0) is 6.78.